The van der Waals surface area contributed by atoms with Crippen LogP contribution in [0.15, 0.2) is 34.7 Å². The van der Waals surface area contributed by atoms with Gasteiger partial charge in [-0.15, -0.1) is 0 Å². The lowest BCUT2D eigenvalue weighted by Gasteiger charge is -2.09. The van der Waals surface area contributed by atoms with E-state index in [9.17, 15) is 0 Å². The number of rotatable bonds is 5. The smallest absolute Gasteiger partial charge is 0.146 e. The fraction of sp³-hybridized carbons (Fsp3) is 0.250. The van der Waals surface area contributed by atoms with E-state index in [1.54, 1.807) is 18.3 Å². The highest BCUT2D eigenvalue weighted by Crippen LogP contribution is 2.34. The number of hydrogen-bond acceptors (Lipinski definition) is 5. The van der Waals surface area contributed by atoms with Gasteiger partial charge >= 0.3 is 0 Å². The molecule has 0 aliphatic carbocycles. The van der Waals surface area contributed by atoms with Crippen molar-refractivity contribution in [3.05, 3.63) is 34.7 Å². The monoisotopic (exact) mass is 314 g/mol. The SMILES string of the molecule is CCCNc1nc(Sc2ccncn2)c(Cl)cc1Cl. The molecule has 0 aromatic carbocycles. The number of nitrogens with zero attached hydrogens (tertiary/aromatic N) is 3. The van der Waals surface area contributed by atoms with E-state index in [0.717, 1.165) is 18.0 Å². The average molecular weight is 315 g/mol. The van der Waals surface area contributed by atoms with Crippen LogP contribution < -0.4 is 5.32 Å². The Hall–Kier alpha value is -1.04. The second-order valence-electron chi connectivity index (χ2n) is 3.68. The first-order chi connectivity index (χ1) is 9.20. The summed E-state index contributed by atoms with van der Waals surface area (Å²) in [5.74, 6) is 0.643. The lowest BCUT2D eigenvalue weighted by atomic mass is 10.4. The molecule has 0 radical (unpaired) electrons. The largest absolute Gasteiger partial charge is 0.369 e. The first kappa shape index (κ1) is 14.4. The Morgan fingerprint density at radius 2 is 2.16 bits per heavy atom. The van der Waals surface area contributed by atoms with E-state index in [2.05, 4.69) is 27.2 Å². The van der Waals surface area contributed by atoms with E-state index in [1.807, 2.05) is 0 Å². The lowest BCUT2D eigenvalue weighted by Crippen LogP contribution is -2.03. The molecule has 0 atom stereocenters. The van der Waals surface area contributed by atoms with Crippen LogP contribution in [0.3, 0.4) is 0 Å². The molecule has 0 amide bonds. The van der Waals surface area contributed by atoms with Crippen LogP contribution in [0.2, 0.25) is 10.0 Å². The third kappa shape index (κ3) is 3.96. The van der Waals surface area contributed by atoms with Crippen molar-refractivity contribution < 1.29 is 0 Å². The molecular weight excluding hydrogens is 303 g/mol. The molecule has 2 aromatic rings. The molecule has 0 fully saturated rings. The van der Waals surface area contributed by atoms with E-state index >= 15 is 0 Å². The minimum atomic E-state index is 0.510. The van der Waals surface area contributed by atoms with Crippen molar-refractivity contribution in [2.75, 3.05) is 11.9 Å². The molecule has 1 N–H and O–H groups in total. The van der Waals surface area contributed by atoms with E-state index in [4.69, 9.17) is 23.2 Å². The zero-order valence-electron chi connectivity index (χ0n) is 10.2. The quantitative estimate of drug-likeness (QED) is 0.840. The summed E-state index contributed by atoms with van der Waals surface area (Å²) in [6.07, 6.45) is 4.16. The molecule has 0 aliphatic rings. The van der Waals surface area contributed by atoms with Gasteiger partial charge < -0.3 is 5.32 Å². The molecule has 7 heteroatoms. The van der Waals surface area contributed by atoms with Crippen LogP contribution in [0, 0.1) is 0 Å². The first-order valence-electron chi connectivity index (χ1n) is 5.74. The summed E-state index contributed by atoms with van der Waals surface area (Å²) >= 11 is 13.6. The Bertz CT molecular complexity index is 551. The molecule has 0 saturated carbocycles. The first-order valence-corrected chi connectivity index (χ1v) is 7.31. The standard InChI is InChI=1S/C12H12Cl2N4S/c1-2-4-16-11-8(13)6-9(14)12(18-11)19-10-3-5-15-7-17-10/h3,5-7H,2,4H2,1H3,(H,16,18). The Kier molecular flexibility index (Phi) is 5.24. The number of nitrogens with one attached hydrogen (secondary N) is 1. The topological polar surface area (TPSA) is 50.7 Å². The Labute approximate surface area is 126 Å². The van der Waals surface area contributed by atoms with Gasteiger partial charge in [-0.2, -0.15) is 0 Å². The van der Waals surface area contributed by atoms with Crippen LogP contribution in [0.1, 0.15) is 13.3 Å². The maximum absolute atomic E-state index is 6.15. The van der Waals surface area contributed by atoms with Gasteiger partial charge in [0.15, 0.2) is 0 Å². The lowest BCUT2D eigenvalue weighted by molar-refractivity contribution is 0.959. The van der Waals surface area contributed by atoms with Crippen molar-refractivity contribution in [1.29, 1.82) is 0 Å². The average Bonchev–Trinajstić information content (AvgIpc) is 2.42. The van der Waals surface area contributed by atoms with Crippen molar-refractivity contribution in [2.45, 2.75) is 23.4 Å². The van der Waals surface area contributed by atoms with Crippen molar-refractivity contribution in [3.8, 4) is 0 Å². The highest BCUT2D eigenvalue weighted by molar-refractivity contribution is 7.99. The van der Waals surface area contributed by atoms with Crippen LogP contribution in [0.5, 0.6) is 0 Å². The Morgan fingerprint density at radius 1 is 1.32 bits per heavy atom. The molecule has 2 heterocycles. The molecule has 0 bridgehead atoms. The predicted octanol–water partition coefficient (Wildman–Crippen LogP) is 4.15. The van der Waals surface area contributed by atoms with Crippen molar-refractivity contribution in [3.63, 3.8) is 0 Å². The molecule has 0 spiro atoms. The van der Waals surface area contributed by atoms with Gasteiger partial charge in [0, 0.05) is 12.7 Å². The normalized spacial score (nSPS) is 10.5. The van der Waals surface area contributed by atoms with Crippen LogP contribution >= 0.6 is 35.0 Å². The van der Waals surface area contributed by atoms with Crippen LogP contribution in [-0.4, -0.2) is 21.5 Å². The summed E-state index contributed by atoms with van der Waals surface area (Å²) in [6, 6.07) is 3.49. The van der Waals surface area contributed by atoms with Crippen molar-refractivity contribution in [1.82, 2.24) is 15.0 Å². The maximum Gasteiger partial charge on any atom is 0.146 e. The van der Waals surface area contributed by atoms with E-state index in [-0.39, 0.29) is 0 Å². The summed E-state index contributed by atoms with van der Waals surface area (Å²) in [7, 11) is 0. The van der Waals surface area contributed by atoms with Gasteiger partial charge in [0.05, 0.1) is 10.0 Å². The number of pyridine rings is 1. The zero-order valence-corrected chi connectivity index (χ0v) is 12.6. The van der Waals surface area contributed by atoms with Gasteiger partial charge in [-0.05, 0) is 30.3 Å². The third-order valence-corrected chi connectivity index (χ3v) is 3.84. The van der Waals surface area contributed by atoms with E-state index in [0.29, 0.717) is 20.9 Å². The fourth-order valence-electron chi connectivity index (χ4n) is 1.33. The van der Waals surface area contributed by atoms with Gasteiger partial charge in [-0.3, -0.25) is 0 Å². The minimum Gasteiger partial charge on any atom is -0.369 e. The van der Waals surface area contributed by atoms with Crippen LogP contribution in [-0.2, 0) is 0 Å². The molecule has 19 heavy (non-hydrogen) atoms. The second kappa shape index (κ2) is 6.93. The van der Waals surface area contributed by atoms with Crippen molar-refractivity contribution >= 4 is 40.8 Å². The third-order valence-electron chi connectivity index (χ3n) is 2.20. The van der Waals surface area contributed by atoms with Gasteiger partial charge in [0.25, 0.3) is 0 Å². The summed E-state index contributed by atoms with van der Waals surface area (Å²) in [4.78, 5) is 12.4. The number of anilines is 1. The molecule has 0 aliphatic heterocycles. The van der Waals surface area contributed by atoms with Gasteiger partial charge in [0.1, 0.15) is 22.2 Å². The highest BCUT2D eigenvalue weighted by Gasteiger charge is 2.11. The van der Waals surface area contributed by atoms with Crippen LogP contribution in [0.25, 0.3) is 0 Å². The minimum absolute atomic E-state index is 0.510. The van der Waals surface area contributed by atoms with E-state index in [1.165, 1.54) is 18.1 Å². The molecule has 4 nitrogen and oxygen atoms in total. The molecule has 100 valence electrons. The molecule has 2 rings (SSSR count). The predicted molar refractivity (Wildman–Crippen MR) is 79.2 cm³/mol. The Morgan fingerprint density at radius 3 is 2.84 bits per heavy atom. The molecule has 0 saturated heterocycles. The zero-order chi connectivity index (χ0) is 13.7. The second-order valence-corrected chi connectivity index (χ2v) is 5.51. The van der Waals surface area contributed by atoms with Gasteiger partial charge in [-0.25, -0.2) is 15.0 Å². The Balaban J connectivity index is 2.24. The van der Waals surface area contributed by atoms with Crippen molar-refractivity contribution in [2.24, 2.45) is 0 Å². The summed E-state index contributed by atoms with van der Waals surface area (Å²) in [5.41, 5.74) is 0. The summed E-state index contributed by atoms with van der Waals surface area (Å²) in [6.45, 7) is 2.89. The number of halogens is 2. The number of aromatic nitrogens is 3. The highest BCUT2D eigenvalue weighted by atomic mass is 35.5. The molecule has 0 unspecified atom stereocenters. The summed E-state index contributed by atoms with van der Waals surface area (Å²) in [5, 5.41) is 5.65. The molecular formula is C12H12Cl2N4S. The van der Waals surface area contributed by atoms with Gasteiger partial charge in [0.2, 0.25) is 0 Å². The maximum atomic E-state index is 6.15. The van der Waals surface area contributed by atoms with E-state index < -0.39 is 0 Å². The summed E-state index contributed by atoms with van der Waals surface area (Å²) < 4.78 is 0. The van der Waals surface area contributed by atoms with Gasteiger partial charge in [-0.1, -0.05) is 30.1 Å². The molecule has 2 aromatic heterocycles. The number of hydrogen-bond donors (Lipinski definition) is 1. The fourth-order valence-corrected chi connectivity index (χ4v) is 2.59. The van der Waals surface area contributed by atoms with Crippen LogP contribution in [0.4, 0.5) is 5.82 Å².